The average Bonchev–Trinajstić information content (AvgIpc) is 2.65. The summed E-state index contributed by atoms with van der Waals surface area (Å²) in [6, 6.07) is 0.866. The van der Waals surface area contributed by atoms with Gasteiger partial charge in [-0.1, -0.05) is 26.7 Å². The largest absolute Gasteiger partial charge is 0.317 e. The smallest absolute Gasteiger partial charge is 0.00928 e. The third-order valence-corrected chi connectivity index (χ3v) is 5.42. The van der Waals surface area contributed by atoms with Crippen LogP contribution in [0.25, 0.3) is 0 Å². The van der Waals surface area contributed by atoms with Crippen LogP contribution < -0.4 is 5.32 Å². The summed E-state index contributed by atoms with van der Waals surface area (Å²) >= 11 is 0. The van der Waals surface area contributed by atoms with Gasteiger partial charge < -0.3 is 5.32 Å². The molecule has 0 aromatic rings. The van der Waals surface area contributed by atoms with Crippen molar-refractivity contribution in [2.75, 3.05) is 26.2 Å². The van der Waals surface area contributed by atoms with E-state index in [1.54, 1.807) is 0 Å². The van der Waals surface area contributed by atoms with Crippen molar-refractivity contribution in [3.63, 3.8) is 0 Å². The molecule has 0 amide bonds. The lowest BCUT2D eigenvalue weighted by Crippen LogP contribution is -2.47. The molecule has 2 saturated heterocycles. The average molecular weight is 252 g/mol. The molecule has 18 heavy (non-hydrogen) atoms. The summed E-state index contributed by atoms with van der Waals surface area (Å²) in [6.45, 7) is 9.97. The molecule has 1 N–H and O–H groups in total. The lowest BCUT2D eigenvalue weighted by atomic mass is 9.76. The van der Waals surface area contributed by atoms with E-state index in [2.05, 4.69) is 24.1 Å². The molecular weight excluding hydrogens is 220 g/mol. The van der Waals surface area contributed by atoms with Crippen molar-refractivity contribution in [1.29, 1.82) is 0 Å². The van der Waals surface area contributed by atoms with Crippen LogP contribution in [0.3, 0.4) is 0 Å². The van der Waals surface area contributed by atoms with Gasteiger partial charge in [-0.05, 0) is 63.6 Å². The van der Waals surface area contributed by atoms with E-state index in [1.165, 1.54) is 77.5 Å². The van der Waals surface area contributed by atoms with E-state index in [9.17, 15) is 0 Å². The molecule has 1 atom stereocenters. The minimum Gasteiger partial charge on any atom is -0.317 e. The Bertz CT molecular complexity index is 233. The number of likely N-dealkylation sites (tertiary alicyclic amines) is 1. The second-order valence-corrected chi connectivity index (χ2v) is 6.49. The molecule has 2 fully saturated rings. The van der Waals surface area contributed by atoms with Crippen LogP contribution in [0.5, 0.6) is 0 Å². The molecule has 0 saturated carbocycles. The van der Waals surface area contributed by atoms with Crippen LogP contribution in [0.15, 0.2) is 0 Å². The number of piperidine rings is 1. The van der Waals surface area contributed by atoms with E-state index in [4.69, 9.17) is 0 Å². The number of hydrogen-bond donors (Lipinski definition) is 1. The van der Waals surface area contributed by atoms with Crippen molar-refractivity contribution in [2.24, 2.45) is 5.41 Å². The van der Waals surface area contributed by atoms with Crippen molar-refractivity contribution >= 4 is 0 Å². The molecule has 0 radical (unpaired) electrons. The van der Waals surface area contributed by atoms with Gasteiger partial charge in [-0.2, -0.15) is 0 Å². The zero-order valence-corrected chi connectivity index (χ0v) is 12.5. The Morgan fingerprint density at radius 3 is 2.56 bits per heavy atom. The first kappa shape index (κ1) is 14.3. The van der Waals surface area contributed by atoms with Gasteiger partial charge in [0.1, 0.15) is 0 Å². The first-order chi connectivity index (χ1) is 8.79. The van der Waals surface area contributed by atoms with Crippen LogP contribution >= 0.6 is 0 Å². The molecule has 2 aliphatic rings. The second-order valence-electron chi connectivity index (χ2n) is 6.49. The van der Waals surface area contributed by atoms with Crippen molar-refractivity contribution < 1.29 is 0 Å². The fourth-order valence-corrected chi connectivity index (χ4v) is 3.92. The minimum absolute atomic E-state index is 0.614. The van der Waals surface area contributed by atoms with Crippen LogP contribution in [-0.4, -0.2) is 37.1 Å². The fourth-order valence-electron chi connectivity index (χ4n) is 3.92. The standard InChI is InChI=1S/C16H32N2/c1-3-15-8-6-5-7-13-18(15)14-16(4-2)9-11-17-12-10-16/h15,17H,3-14H2,1-2H3. The summed E-state index contributed by atoms with van der Waals surface area (Å²) in [5, 5.41) is 3.53. The molecule has 2 heterocycles. The molecule has 2 nitrogen and oxygen atoms in total. The second kappa shape index (κ2) is 6.91. The van der Waals surface area contributed by atoms with Gasteiger partial charge in [0.15, 0.2) is 0 Å². The highest BCUT2D eigenvalue weighted by atomic mass is 15.2. The third-order valence-electron chi connectivity index (χ3n) is 5.42. The molecule has 2 rings (SSSR count). The maximum Gasteiger partial charge on any atom is 0.00928 e. The normalized spacial score (nSPS) is 30.0. The molecular formula is C16H32N2. The van der Waals surface area contributed by atoms with Gasteiger partial charge >= 0.3 is 0 Å². The van der Waals surface area contributed by atoms with E-state index >= 15 is 0 Å². The van der Waals surface area contributed by atoms with E-state index in [0.717, 1.165) is 6.04 Å². The first-order valence-electron chi connectivity index (χ1n) is 8.24. The van der Waals surface area contributed by atoms with Gasteiger partial charge in [-0.25, -0.2) is 0 Å². The Morgan fingerprint density at radius 1 is 1.11 bits per heavy atom. The Hall–Kier alpha value is -0.0800. The summed E-state index contributed by atoms with van der Waals surface area (Å²) in [5.74, 6) is 0. The Morgan fingerprint density at radius 2 is 1.89 bits per heavy atom. The molecule has 0 aromatic heterocycles. The Kier molecular flexibility index (Phi) is 5.50. The SMILES string of the molecule is CCC1CCCCCN1CC1(CC)CCNCC1. The van der Waals surface area contributed by atoms with Gasteiger partial charge in [0.05, 0.1) is 0 Å². The number of nitrogens with zero attached hydrogens (tertiary/aromatic N) is 1. The van der Waals surface area contributed by atoms with Gasteiger partial charge in [-0.3, -0.25) is 4.90 Å². The van der Waals surface area contributed by atoms with Crippen LogP contribution in [0.4, 0.5) is 0 Å². The van der Waals surface area contributed by atoms with Gasteiger partial charge in [-0.15, -0.1) is 0 Å². The predicted octanol–water partition coefficient (Wildman–Crippen LogP) is 3.42. The fraction of sp³-hybridized carbons (Fsp3) is 1.00. The highest BCUT2D eigenvalue weighted by Crippen LogP contribution is 2.35. The first-order valence-corrected chi connectivity index (χ1v) is 8.24. The zero-order valence-electron chi connectivity index (χ0n) is 12.5. The summed E-state index contributed by atoms with van der Waals surface area (Å²) in [6.07, 6.45) is 11.2. The summed E-state index contributed by atoms with van der Waals surface area (Å²) in [4.78, 5) is 2.85. The zero-order chi connectivity index (χ0) is 12.8. The van der Waals surface area contributed by atoms with Crippen molar-refractivity contribution in [2.45, 2.75) is 71.3 Å². The van der Waals surface area contributed by atoms with E-state index in [0.29, 0.717) is 5.41 Å². The summed E-state index contributed by atoms with van der Waals surface area (Å²) in [5.41, 5.74) is 0.614. The van der Waals surface area contributed by atoms with Gasteiger partial charge in [0.25, 0.3) is 0 Å². The highest BCUT2D eigenvalue weighted by molar-refractivity contribution is 4.88. The summed E-state index contributed by atoms with van der Waals surface area (Å²) in [7, 11) is 0. The van der Waals surface area contributed by atoms with E-state index in [1.807, 2.05) is 0 Å². The molecule has 0 aliphatic carbocycles. The molecule has 106 valence electrons. The number of nitrogens with one attached hydrogen (secondary N) is 1. The molecule has 2 heteroatoms. The monoisotopic (exact) mass is 252 g/mol. The van der Waals surface area contributed by atoms with Crippen LogP contribution in [0, 0.1) is 5.41 Å². The van der Waals surface area contributed by atoms with Crippen molar-refractivity contribution in [3.05, 3.63) is 0 Å². The summed E-state index contributed by atoms with van der Waals surface area (Å²) < 4.78 is 0. The van der Waals surface area contributed by atoms with E-state index in [-0.39, 0.29) is 0 Å². The van der Waals surface area contributed by atoms with Gasteiger partial charge in [0.2, 0.25) is 0 Å². The molecule has 0 aromatic carbocycles. The highest BCUT2D eigenvalue weighted by Gasteiger charge is 2.34. The van der Waals surface area contributed by atoms with E-state index < -0.39 is 0 Å². The Labute approximate surface area is 114 Å². The third kappa shape index (κ3) is 3.48. The number of rotatable bonds is 4. The van der Waals surface area contributed by atoms with Crippen molar-refractivity contribution in [3.8, 4) is 0 Å². The maximum atomic E-state index is 3.53. The topological polar surface area (TPSA) is 15.3 Å². The maximum absolute atomic E-state index is 3.53. The van der Waals surface area contributed by atoms with Gasteiger partial charge in [0, 0.05) is 12.6 Å². The molecule has 2 aliphatic heterocycles. The number of hydrogen-bond acceptors (Lipinski definition) is 2. The lowest BCUT2D eigenvalue weighted by molar-refractivity contribution is 0.0770. The van der Waals surface area contributed by atoms with Crippen LogP contribution in [0.1, 0.15) is 65.2 Å². The lowest BCUT2D eigenvalue weighted by Gasteiger charge is -2.43. The molecule has 0 bridgehead atoms. The van der Waals surface area contributed by atoms with Crippen LogP contribution in [-0.2, 0) is 0 Å². The predicted molar refractivity (Wildman–Crippen MR) is 78.9 cm³/mol. The van der Waals surface area contributed by atoms with Crippen LogP contribution in [0.2, 0.25) is 0 Å². The quantitative estimate of drug-likeness (QED) is 0.825. The minimum atomic E-state index is 0.614. The molecule has 1 unspecified atom stereocenters. The molecule has 0 spiro atoms. The Balaban J connectivity index is 1.99. The van der Waals surface area contributed by atoms with Crippen molar-refractivity contribution in [1.82, 2.24) is 10.2 Å².